The van der Waals surface area contributed by atoms with Crippen molar-refractivity contribution in [3.8, 4) is 17.3 Å². The highest BCUT2D eigenvalue weighted by atomic mass is 16.6. The maximum Gasteiger partial charge on any atom is 0.346 e. The molecule has 0 atom stereocenters. The van der Waals surface area contributed by atoms with Crippen LogP contribution in [0.15, 0.2) is 59.0 Å². The normalized spacial score (nSPS) is 11.0. The maximum absolute atomic E-state index is 11.4. The minimum atomic E-state index is -0.470. The molecule has 0 fully saturated rings. The van der Waals surface area contributed by atoms with E-state index >= 15 is 0 Å². The van der Waals surface area contributed by atoms with Crippen LogP contribution >= 0.6 is 0 Å². The van der Waals surface area contributed by atoms with Crippen LogP contribution in [0.1, 0.15) is 5.56 Å². The Morgan fingerprint density at radius 3 is 2.65 bits per heavy atom. The lowest BCUT2D eigenvalue weighted by atomic mass is 10.2. The summed E-state index contributed by atoms with van der Waals surface area (Å²) in [6, 6.07) is 15.9. The summed E-state index contributed by atoms with van der Waals surface area (Å²) in [5.74, 6) is 0.844. The van der Waals surface area contributed by atoms with Gasteiger partial charge in [-0.2, -0.15) is 0 Å². The monoisotopic (exact) mass is 350 g/mol. The zero-order valence-electron chi connectivity index (χ0n) is 13.8. The predicted molar refractivity (Wildman–Crippen MR) is 94.0 cm³/mol. The van der Waals surface area contributed by atoms with Gasteiger partial charge in [0, 0.05) is 0 Å². The molecule has 4 rings (SSSR count). The Balaban J connectivity index is 1.71. The van der Waals surface area contributed by atoms with E-state index in [0.29, 0.717) is 16.8 Å². The summed E-state index contributed by atoms with van der Waals surface area (Å²) >= 11 is 0. The van der Waals surface area contributed by atoms with Gasteiger partial charge in [-0.05, 0) is 34.8 Å². The summed E-state index contributed by atoms with van der Waals surface area (Å²) in [6.45, 7) is 0.251. The van der Waals surface area contributed by atoms with Crippen molar-refractivity contribution < 1.29 is 14.1 Å². The van der Waals surface area contributed by atoms with Crippen molar-refractivity contribution in [2.24, 2.45) is 0 Å². The second-order valence-electron chi connectivity index (χ2n) is 5.64. The maximum atomic E-state index is 11.4. The minimum absolute atomic E-state index is 0.127. The number of para-hydroxylation sites is 2. The highest BCUT2D eigenvalue weighted by Crippen LogP contribution is 2.27. The Kier molecular flexibility index (Phi) is 3.85. The molecule has 0 aliphatic heterocycles. The lowest BCUT2D eigenvalue weighted by Gasteiger charge is -2.02. The first-order chi connectivity index (χ1) is 12.6. The molecule has 130 valence electrons. The zero-order valence-corrected chi connectivity index (χ0v) is 13.8. The number of fused-ring (bicyclic) bond motifs is 1. The van der Waals surface area contributed by atoms with E-state index in [9.17, 15) is 10.1 Å². The third kappa shape index (κ3) is 2.88. The molecule has 0 amide bonds. The first kappa shape index (κ1) is 15.8. The van der Waals surface area contributed by atoms with E-state index in [-0.39, 0.29) is 18.3 Å². The molecule has 0 spiro atoms. The summed E-state index contributed by atoms with van der Waals surface area (Å²) in [5, 5.41) is 15.7. The fraction of sp³-hybridized carbons (Fsp3) is 0.111. The molecule has 2 aromatic carbocycles. The average molecular weight is 350 g/mol. The van der Waals surface area contributed by atoms with Crippen LogP contribution in [0.2, 0.25) is 0 Å². The lowest BCUT2D eigenvalue weighted by Crippen LogP contribution is -2.06. The summed E-state index contributed by atoms with van der Waals surface area (Å²) < 4.78 is 12.1. The molecule has 0 saturated heterocycles. The van der Waals surface area contributed by atoms with E-state index in [1.54, 1.807) is 25.3 Å². The molecule has 0 aliphatic carbocycles. The number of benzene rings is 2. The van der Waals surface area contributed by atoms with Gasteiger partial charge in [0.15, 0.2) is 11.3 Å². The number of nitrogens with zero attached hydrogens (tertiary/aromatic N) is 4. The zero-order chi connectivity index (χ0) is 18.1. The van der Waals surface area contributed by atoms with E-state index < -0.39 is 4.92 Å². The van der Waals surface area contributed by atoms with Crippen LogP contribution in [-0.2, 0) is 6.54 Å². The lowest BCUT2D eigenvalue weighted by molar-refractivity contribution is -0.392. The predicted octanol–water partition coefficient (Wildman–Crippen LogP) is 3.66. The quantitative estimate of drug-likeness (QED) is 0.402. The highest BCUT2D eigenvalue weighted by molar-refractivity contribution is 5.75. The fourth-order valence-corrected chi connectivity index (χ4v) is 2.66. The summed E-state index contributed by atoms with van der Waals surface area (Å²) in [4.78, 5) is 15.3. The smallest absolute Gasteiger partial charge is 0.346 e. The number of hydrogen-bond acceptors (Lipinski definition) is 6. The third-order valence-electron chi connectivity index (χ3n) is 3.95. The van der Waals surface area contributed by atoms with Gasteiger partial charge < -0.3 is 19.3 Å². The number of oxazole rings is 1. The Labute approximate surface area is 147 Å². The third-order valence-corrected chi connectivity index (χ3v) is 3.95. The number of methoxy groups -OCH3 is 1. The van der Waals surface area contributed by atoms with E-state index in [4.69, 9.17) is 9.15 Å². The Hall–Kier alpha value is -3.68. The van der Waals surface area contributed by atoms with Crippen LogP contribution in [0, 0.1) is 10.1 Å². The first-order valence-corrected chi connectivity index (χ1v) is 7.85. The molecule has 8 nitrogen and oxygen atoms in total. The van der Waals surface area contributed by atoms with Gasteiger partial charge in [0.25, 0.3) is 5.89 Å². The van der Waals surface area contributed by atoms with Crippen LogP contribution in [0.4, 0.5) is 5.82 Å². The molecular formula is C18H14N4O4. The van der Waals surface area contributed by atoms with Gasteiger partial charge >= 0.3 is 5.82 Å². The van der Waals surface area contributed by atoms with E-state index in [1.807, 2.05) is 30.3 Å². The largest absolute Gasteiger partial charge is 0.497 e. The van der Waals surface area contributed by atoms with E-state index in [2.05, 4.69) is 10.1 Å². The fourth-order valence-electron chi connectivity index (χ4n) is 2.66. The van der Waals surface area contributed by atoms with Gasteiger partial charge in [-0.15, -0.1) is 4.68 Å². The molecule has 2 heterocycles. The molecule has 0 aliphatic rings. The van der Waals surface area contributed by atoms with Crippen LogP contribution in [-0.4, -0.2) is 26.8 Å². The number of hydrogen-bond donors (Lipinski definition) is 0. The van der Waals surface area contributed by atoms with E-state index in [0.717, 1.165) is 11.3 Å². The summed E-state index contributed by atoms with van der Waals surface area (Å²) in [7, 11) is 1.58. The first-order valence-electron chi connectivity index (χ1n) is 7.85. The van der Waals surface area contributed by atoms with Crippen molar-refractivity contribution in [2.75, 3.05) is 7.11 Å². The summed E-state index contributed by atoms with van der Waals surface area (Å²) in [5.41, 5.74) is 2.47. The van der Waals surface area contributed by atoms with Crippen LogP contribution < -0.4 is 4.74 Å². The number of rotatable bonds is 5. The number of ether oxygens (including phenoxy) is 1. The SMILES string of the molecule is COc1ccc(Cn2nc(-c3nc4ccccc4o3)cc2[N+](=O)[O-])cc1. The number of aromatic nitrogens is 3. The van der Waals surface area contributed by atoms with Gasteiger partial charge in [0.1, 0.15) is 17.8 Å². The molecule has 0 saturated carbocycles. The van der Waals surface area contributed by atoms with Crippen molar-refractivity contribution >= 4 is 16.9 Å². The minimum Gasteiger partial charge on any atom is -0.497 e. The standard InChI is InChI=1S/C18H14N4O4/c1-25-13-8-6-12(7-9-13)11-21-17(22(23)24)10-15(20-21)18-19-14-4-2-3-5-16(14)26-18/h2-10H,11H2,1H3. The van der Waals surface area contributed by atoms with Gasteiger partial charge in [-0.3, -0.25) is 0 Å². The van der Waals surface area contributed by atoms with Crippen molar-refractivity contribution in [1.29, 1.82) is 0 Å². The van der Waals surface area contributed by atoms with E-state index in [1.165, 1.54) is 10.7 Å². The molecule has 0 N–H and O–H groups in total. The van der Waals surface area contributed by atoms with Crippen LogP contribution in [0.25, 0.3) is 22.7 Å². The Bertz CT molecular complexity index is 1050. The van der Waals surface area contributed by atoms with Crippen LogP contribution in [0.5, 0.6) is 5.75 Å². The second-order valence-corrected chi connectivity index (χ2v) is 5.64. The topological polar surface area (TPSA) is 96.2 Å². The average Bonchev–Trinajstić information content (AvgIpc) is 3.26. The Morgan fingerprint density at radius 1 is 1.19 bits per heavy atom. The molecule has 8 heteroatoms. The molecular weight excluding hydrogens is 336 g/mol. The van der Waals surface area contributed by atoms with Crippen molar-refractivity contribution in [1.82, 2.24) is 14.8 Å². The van der Waals surface area contributed by atoms with Gasteiger partial charge in [0.2, 0.25) is 0 Å². The molecule has 4 aromatic rings. The highest BCUT2D eigenvalue weighted by Gasteiger charge is 2.22. The van der Waals surface area contributed by atoms with Gasteiger partial charge in [-0.1, -0.05) is 29.4 Å². The van der Waals surface area contributed by atoms with Crippen molar-refractivity contribution in [3.63, 3.8) is 0 Å². The van der Waals surface area contributed by atoms with Crippen molar-refractivity contribution in [3.05, 3.63) is 70.3 Å². The number of nitro groups is 1. The second kappa shape index (κ2) is 6.32. The molecule has 0 unspecified atom stereocenters. The van der Waals surface area contributed by atoms with Crippen LogP contribution in [0.3, 0.4) is 0 Å². The van der Waals surface area contributed by atoms with Gasteiger partial charge in [-0.25, -0.2) is 4.98 Å². The van der Waals surface area contributed by atoms with Crippen molar-refractivity contribution in [2.45, 2.75) is 6.54 Å². The molecule has 0 radical (unpaired) electrons. The summed E-state index contributed by atoms with van der Waals surface area (Å²) in [6.07, 6.45) is 0. The molecule has 0 bridgehead atoms. The molecule has 2 aromatic heterocycles. The molecule has 26 heavy (non-hydrogen) atoms. The Morgan fingerprint density at radius 2 is 1.96 bits per heavy atom. The van der Waals surface area contributed by atoms with Gasteiger partial charge in [0.05, 0.1) is 13.2 Å².